The Kier molecular flexibility index (Phi) is 5.51. The van der Waals surface area contributed by atoms with Crippen LogP contribution in [0.2, 0.25) is 0 Å². The molecule has 0 atom stereocenters. The minimum atomic E-state index is 0.0554. The van der Waals surface area contributed by atoms with Gasteiger partial charge in [0.15, 0.2) is 11.5 Å². The lowest BCUT2D eigenvalue weighted by molar-refractivity contribution is 0.0664. The molecule has 1 heterocycles. The average Bonchev–Trinajstić information content (AvgIpc) is 3.42. The fourth-order valence-corrected chi connectivity index (χ4v) is 3.83. The summed E-state index contributed by atoms with van der Waals surface area (Å²) in [5.41, 5.74) is 1.73. The number of nitrogens with zero attached hydrogens (tertiary/aromatic N) is 1. The second-order valence-electron chi connectivity index (χ2n) is 7.18. The highest BCUT2D eigenvalue weighted by Gasteiger charge is 2.28. The number of fused-ring (bicyclic) bond motifs is 1. The van der Waals surface area contributed by atoms with E-state index in [1.807, 2.05) is 47.4 Å². The first kappa shape index (κ1) is 18.4. The molecule has 1 aliphatic carbocycles. The first-order valence-corrected chi connectivity index (χ1v) is 9.78. The maximum absolute atomic E-state index is 13.3. The number of carbonyl (C=O) groups is 1. The molecule has 4 rings (SSSR count). The quantitative estimate of drug-likeness (QED) is 0.662. The molecule has 0 saturated heterocycles. The highest BCUT2D eigenvalue weighted by Crippen LogP contribution is 2.34. The molecular weight excluding hydrogens is 354 g/mol. The van der Waals surface area contributed by atoms with Gasteiger partial charge < -0.3 is 19.1 Å². The van der Waals surface area contributed by atoms with Crippen LogP contribution in [-0.4, -0.2) is 30.2 Å². The zero-order valence-electron chi connectivity index (χ0n) is 15.9. The largest absolute Gasteiger partial charge is 0.490 e. The number of carbonyl (C=O) groups excluding carboxylic acids is 1. The zero-order valence-corrected chi connectivity index (χ0v) is 15.9. The number of benzene rings is 2. The molecule has 5 heteroatoms. The van der Waals surface area contributed by atoms with Crippen LogP contribution in [0, 0.1) is 0 Å². The van der Waals surface area contributed by atoms with Crippen LogP contribution < -0.4 is 14.2 Å². The molecule has 28 heavy (non-hydrogen) atoms. The van der Waals surface area contributed by atoms with Crippen molar-refractivity contribution < 1.29 is 19.0 Å². The van der Waals surface area contributed by atoms with Gasteiger partial charge in [0, 0.05) is 18.2 Å². The van der Waals surface area contributed by atoms with Gasteiger partial charge in [0.05, 0.1) is 0 Å². The lowest BCUT2D eigenvalue weighted by Crippen LogP contribution is -2.38. The van der Waals surface area contributed by atoms with Crippen molar-refractivity contribution in [2.45, 2.75) is 38.3 Å². The number of amides is 1. The van der Waals surface area contributed by atoms with Crippen LogP contribution >= 0.6 is 0 Å². The molecule has 5 nitrogen and oxygen atoms in total. The van der Waals surface area contributed by atoms with E-state index in [-0.39, 0.29) is 18.7 Å². The van der Waals surface area contributed by atoms with E-state index < -0.39 is 0 Å². The van der Waals surface area contributed by atoms with Gasteiger partial charge in [-0.25, -0.2) is 0 Å². The maximum atomic E-state index is 13.3. The van der Waals surface area contributed by atoms with Crippen molar-refractivity contribution in [2.24, 2.45) is 0 Å². The Morgan fingerprint density at radius 1 is 1.11 bits per heavy atom. The SMILES string of the molecule is C=CCOc1ccc(C(=O)N(Cc2ccc3c(c2)OCO3)C2CCCC2)cc1. The Morgan fingerprint density at radius 3 is 2.61 bits per heavy atom. The van der Waals surface area contributed by atoms with Crippen LogP contribution in [0.3, 0.4) is 0 Å². The molecule has 0 bridgehead atoms. The van der Waals surface area contributed by atoms with Crippen LogP contribution in [0.4, 0.5) is 0 Å². The summed E-state index contributed by atoms with van der Waals surface area (Å²) < 4.78 is 16.4. The van der Waals surface area contributed by atoms with Gasteiger partial charge in [-0.05, 0) is 54.8 Å². The Morgan fingerprint density at radius 2 is 1.86 bits per heavy atom. The number of rotatable bonds is 7. The summed E-state index contributed by atoms with van der Waals surface area (Å²) >= 11 is 0. The smallest absolute Gasteiger partial charge is 0.254 e. The van der Waals surface area contributed by atoms with Crippen molar-refractivity contribution in [2.75, 3.05) is 13.4 Å². The fourth-order valence-electron chi connectivity index (χ4n) is 3.83. The number of hydrogen-bond donors (Lipinski definition) is 0. The predicted molar refractivity (Wildman–Crippen MR) is 107 cm³/mol. The Hall–Kier alpha value is -2.95. The topological polar surface area (TPSA) is 48.0 Å². The van der Waals surface area contributed by atoms with Crippen molar-refractivity contribution in [3.8, 4) is 17.2 Å². The van der Waals surface area contributed by atoms with Gasteiger partial charge in [-0.1, -0.05) is 31.6 Å². The van der Waals surface area contributed by atoms with Gasteiger partial charge in [-0.2, -0.15) is 0 Å². The van der Waals surface area contributed by atoms with E-state index in [1.54, 1.807) is 6.08 Å². The lowest BCUT2D eigenvalue weighted by atomic mass is 10.1. The molecule has 0 spiro atoms. The zero-order chi connectivity index (χ0) is 19.3. The molecule has 2 aromatic carbocycles. The van der Waals surface area contributed by atoms with E-state index in [1.165, 1.54) is 12.8 Å². The second kappa shape index (κ2) is 8.38. The van der Waals surface area contributed by atoms with E-state index in [0.29, 0.717) is 18.7 Å². The van der Waals surface area contributed by atoms with Gasteiger partial charge in [-0.15, -0.1) is 0 Å². The number of ether oxygens (including phenoxy) is 3. The van der Waals surface area contributed by atoms with Gasteiger partial charge in [-0.3, -0.25) is 4.79 Å². The van der Waals surface area contributed by atoms with Crippen molar-refractivity contribution in [3.63, 3.8) is 0 Å². The third-order valence-corrected chi connectivity index (χ3v) is 5.29. The van der Waals surface area contributed by atoms with Crippen molar-refractivity contribution >= 4 is 5.91 Å². The second-order valence-corrected chi connectivity index (χ2v) is 7.18. The minimum Gasteiger partial charge on any atom is -0.490 e. The highest BCUT2D eigenvalue weighted by atomic mass is 16.7. The summed E-state index contributed by atoms with van der Waals surface area (Å²) in [6, 6.07) is 13.5. The standard InChI is InChI=1S/C23H25NO4/c1-2-13-26-20-10-8-18(9-11-20)23(25)24(19-5-3-4-6-19)15-17-7-12-21-22(14-17)28-16-27-21/h2,7-12,14,19H,1,3-6,13,15-16H2. The van der Waals surface area contributed by atoms with E-state index in [9.17, 15) is 4.79 Å². The van der Waals surface area contributed by atoms with Crippen LogP contribution in [0.15, 0.2) is 55.1 Å². The third kappa shape index (κ3) is 3.98. The molecule has 0 aromatic heterocycles. The minimum absolute atomic E-state index is 0.0554. The summed E-state index contributed by atoms with van der Waals surface area (Å²) in [5, 5.41) is 0. The summed E-state index contributed by atoms with van der Waals surface area (Å²) in [7, 11) is 0. The Balaban J connectivity index is 1.53. The Labute approximate surface area is 165 Å². The van der Waals surface area contributed by atoms with Gasteiger partial charge >= 0.3 is 0 Å². The Bertz CT molecular complexity index is 840. The third-order valence-electron chi connectivity index (χ3n) is 5.29. The van der Waals surface area contributed by atoms with Crippen molar-refractivity contribution in [3.05, 3.63) is 66.2 Å². The van der Waals surface area contributed by atoms with Crippen LogP contribution in [0.5, 0.6) is 17.2 Å². The van der Waals surface area contributed by atoms with Gasteiger partial charge in [0.2, 0.25) is 6.79 Å². The summed E-state index contributed by atoms with van der Waals surface area (Å²) in [6.45, 7) is 4.92. The molecule has 2 aromatic rings. The molecule has 1 amide bonds. The summed E-state index contributed by atoms with van der Waals surface area (Å²) in [5.74, 6) is 2.30. The molecule has 1 aliphatic heterocycles. The van der Waals surface area contributed by atoms with Crippen molar-refractivity contribution in [1.82, 2.24) is 4.90 Å². The maximum Gasteiger partial charge on any atom is 0.254 e. The molecule has 0 unspecified atom stereocenters. The van der Waals surface area contributed by atoms with E-state index in [2.05, 4.69) is 6.58 Å². The normalized spacial score (nSPS) is 15.4. The van der Waals surface area contributed by atoms with E-state index in [4.69, 9.17) is 14.2 Å². The average molecular weight is 379 g/mol. The van der Waals surface area contributed by atoms with E-state index in [0.717, 1.165) is 35.7 Å². The van der Waals surface area contributed by atoms with Gasteiger partial charge in [0.25, 0.3) is 5.91 Å². The van der Waals surface area contributed by atoms with Crippen molar-refractivity contribution in [1.29, 1.82) is 0 Å². The van der Waals surface area contributed by atoms with E-state index >= 15 is 0 Å². The first-order chi connectivity index (χ1) is 13.7. The fraction of sp³-hybridized carbons (Fsp3) is 0.348. The first-order valence-electron chi connectivity index (χ1n) is 9.78. The van der Waals surface area contributed by atoms with Crippen LogP contribution in [-0.2, 0) is 6.54 Å². The molecular formula is C23H25NO4. The molecule has 0 N–H and O–H groups in total. The molecule has 0 radical (unpaired) electrons. The predicted octanol–water partition coefficient (Wildman–Crippen LogP) is 4.57. The molecule has 1 fully saturated rings. The number of hydrogen-bond acceptors (Lipinski definition) is 4. The molecule has 146 valence electrons. The summed E-state index contributed by atoms with van der Waals surface area (Å²) in [6.07, 6.45) is 6.15. The molecule has 2 aliphatic rings. The lowest BCUT2D eigenvalue weighted by Gasteiger charge is -2.29. The van der Waals surface area contributed by atoms with Gasteiger partial charge in [0.1, 0.15) is 12.4 Å². The van der Waals surface area contributed by atoms with Crippen LogP contribution in [0.25, 0.3) is 0 Å². The monoisotopic (exact) mass is 379 g/mol. The molecule has 1 saturated carbocycles. The summed E-state index contributed by atoms with van der Waals surface area (Å²) in [4.78, 5) is 15.3. The highest BCUT2D eigenvalue weighted by molar-refractivity contribution is 5.94. The van der Waals surface area contributed by atoms with Crippen LogP contribution in [0.1, 0.15) is 41.6 Å².